The Morgan fingerprint density at radius 1 is 1.56 bits per heavy atom. The van der Waals surface area contributed by atoms with E-state index in [0.29, 0.717) is 4.88 Å². The molecule has 2 atom stereocenters. The Labute approximate surface area is 95.7 Å². The van der Waals surface area contributed by atoms with E-state index in [1.165, 1.54) is 11.3 Å². The van der Waals surface area contributed by atoms with E-state index in [0.717, 1.165) is 0 Å². The van der Waals surface area contributed by atoms with Gasteiger partial charge in [0.1, 0.15) is 6.04 Å². The van der Waals surface area contributed by atoms with Crippen molar-refractivity contribution in [3.8, 4) is 0 Å². The fraction of sp³-hybridized carbons (Fsp3) is 0.333. The smallest absolute Gasteiger partial charge is 0.334 e. The summed E-state index contributed by atoms with van der Waals surface area (Å²) in [5, 5.41) is 21.4. The molecule has 0 radical (unpaired) electrons. The van der Waals surface area contributed by atoms with Gasteiger partial charge in [-0.25, -0.2) is 4.79 Å². The number of nitrogens with two attached hydrogens (primary N) is 1. The molecule has 0 aromatic carbocycles. The van der Waals surface area contributed by atoms with E-state index in [4.69, 9.17) is 15.9 Å². The highest BCUT2D eigenvalue weighted by molar-refractivity contribution is 7.10. The standard InChI is InChI=1S/C9H12N2O4S/c10-7(6-2-1-3-16-6)8(13)11-4-5(12)9(14)15/h1-3,5,7,12H,4,10H2,(H,11,13)(H,14,15)/t5-,7?/m0/s1. The van der Waals surface area contributed by atoms with E-state index in [2.05, 4.69) is 5.32 Å². The Balaban J connectivity index is 2.44. The lowest BCUT2D eigenvalue weighted by molar-refractivity contribution is -0.146. The number of hydrogen-bond donors (Lipinski definition) is 4. The molecular weight excluding hydrogens is 232 g/mol. The van der Waals surface area contributed by atoms with Crippen LogP contribution in [0.25, 0.3) is 0 Å². The molecular formula is C9H12N2O4S. The summed E-state index contributed by atoms with van der Waals surface area (Å²) < 4.78 is 0. The van der Waals surface area contributed by atoms with Gasteiger partial charge < -0.3 is 21.3 Å². The summed E-state index contributed by atoms with van der Waals surface area (Å²) in [5.41, 5.74) is 5.61. The van der Waals surface area contributed by atoms with E-state index in [9.17, 15) is 9.59 Å². The number of carbonyl (C=O) groups is 2. The summed E-state index contributed by atoms with van der Waals surface area (Å²) in [6.07, 6.45) is -1.61. The molecule has 5 N–H and O–H groups in total. The molecule has 0 saturated carbocycles. The monoisotopic (exact) mass is 244 g/mol. The van der Waals surface area contributed by atoms with Crippen LogP contribution in [0.5, 0.6) is 0 Å². The van der Waals surface area contributed by atoms with Crippen molar-refractivity contribution in [2.45, 2.75) is 12.1 Å². The highest BCUT2D eigenvalue weighted by atomic mass is 32.1. The van der Waals surface area contributed by atoms with Gasteiger partial charge >= 0.3 is 5.97 Å². The molecule has 1 unspecified atom stereocenters. The van der Waals surface area contributed by atoms with E-state index in [1.807, 2.05) is 0 Å². The van der Waals surface area contributed by atoms with Crippen molar-refractivity contribution in [1.29, 1.82) is 0 Å². The van der Waals surface area contributed by atoms with Gasteiger partial charge in [0.25, 0.3) is 0 Å². The Bertz CT molecular complexity index is 366. The van der Waals surface area contributed by atoms with Crippen LogP contribution in [0.4, 0.5) is 0 Å². The summed E-state index contributed by atoms with van der Waals surface area (Å²) in [6, 6.07) is 2.64. The molecule has 0 aliphatic carbocycles. The average molecular weight is 244 g/mol. The number of thiophene rings is 1. The first-order valence-electron chi connectivity index (χ1n) is 4.50. The van der Waals surface area contributed by atoms with Gasteiger partial charge in [-0.05, 0) is 11.4 Å². The summed E-state index contributed by atoms with van der Waals surface area (Å²) >= 11 is 1.34. The van der Waals surface area contributed by atoms with Gasteiger partial charge in [-0.2, -0.15) is 0 Å². The van der Waals surface area contributed by atoms with Crippen LogP contribution in [0.1, 0.15) is 10.9 Å². The third-order valence-electron chi connectivity index (χ3n) is 1.89. The minimum Gasteiger partial charge on any atom is -0.479 e. The topological polar surface area (TPSA) is 113 Å². The Kier molecular flexibility index (Phi) is 4.41. The maximum absolute atomic E-state index is 11.4. The molecule has 0 fully saturated rings. The molecule has 16 heavy (non-hydrogen) atoms. The minimum atomic E-state index is -1.61. The van der Waals surface area contributed by atoms with E-state index in [1.54, 1.807) is 17.5 Å². The predicted molar refractivity (Wildman–Crippen MR) is 57.9 cm³/mol. The molecule has 0 spiro atoms. The lowest BCUT2D eigenvalue weighted by Gasteiger charge is -2.11. The molecule has 0 aliphatic rings. The van der Waals surface area contributed by atoms with Crippen LogP contribution in [0, 0.1) is 0 Å². The largest absolute Gasteiger partial charge is 0.479 e. The molecule has 1 heterocycles. The molecule has 1 aromatic heterocycles. The number of carbonyl (C=O) groups excluding carboxylic acids is 1. The van der Waals surface area contributed by atoms with Crippen molar-refractivity contribution in [1.82, 2.24) is 5.32 Å². The van der Waals surface area contributed by atoms with Crippen molar-refractivity contribution >= 4 is 23.2 Å². The first kappa shape index (κ1) is 12.6. The normalized spacial score (nSPS) is 14.1. The van der Waals surface area contributed by atoms with Crippen LogP contribution in [0.3, 0.4) is 0 Å². The summed E-state index contributed by atoms with van der Waals surface area (Å²) in [5.74, 6) is -1.90. The Morgan fingerprint density at radius 2 is 2.25 bits per heavy atom. The first-order valence-corrected chi connectivity index (χ1v) is 5.38. The highest BCUT2D eigenvalue weighted by Gasteiger charge is 2.19. The van der Waals surface area contributed by atoms with Crippen LogP contribution >= 0.6 is 11.3 Å². The predicted octanol–water partition coefficient (Wildman–Crippen LogP) is -0.690. The molecule has 6 nitrogen and oxygen atoms in total. The summed E-state index contributed by atoms with van der Waals surface area (Å²) in [6.45, 7) is -0.354. The maximum Gasteiger partial charge on any atom is 0.334 e. The zero-order chi connectivity index (χ0) is 12.1. The SMILES string of the molecule is NC(C(=O)NC[C@H](O)C(=O)O)c1cccs1. The van der Waals surface area contributed by atoms with Crippen molar-refractivity contribution < 1.29 is 19.8 Å². The zero-order valence-corrected chi connectivity index (χ0v) is 9.11. The quantitative estimate of drug-likeness (QED) is 0.547. The number of aliphatic carboxylic acids is 1. The molecule has 88 valence electrons. The second-order valence-corrected chi connectivity index (χ2v) is 4.07. The van der Waals surface area contributed by atoms with Gasteiger partial charge in [-0.3, -0.25) is 4.79 Å². The number of carboxylic acids is 1. The lowest BCUT2D eigenvalue weighted by atomic mass is 10.2. The van der Waals surface area contributed by atoms with Gasteiger partial charge in [0.05, 0.1) is 6.54 Å². The van der Waals surface area contributed by atoms with Gasteiger partial charge in [0.15, 0.2) is 6.10 Å². The third kappa shape index (κ3) is 3.30. The highest BCUT2D eigenvalue weighted by Crippen LogP contribution is 2.16. The van der Waals surface area contributed by atoms with E-state index in [-0.39, 0.29) is 6.54 Å². The second kappa shape index (κ2) is 5.59. The van der Waals surface area contributed by atoms with Gasteiger partial charge in [0, 0.05) is 4.88 Å². The van der Waals surface area contributed by atoms with Crippen LogP contribution in [-0.2, 0) is 9.59 Å². The molecule has 1 rings (SSSR count). The van der Waals surface area contributed by atoms with Gasteiger partial charge in [-0.1, -0.05) is 6.07 Å². The second-order valence-electron chi connectivity index (χ2n) is 3.09. The molecule has 1 amide bonds. The molecule has 0 saturated heterocycles. The van der Waals surface area contributed by atoms with E-state index >= 15 is 0 Å². The molecule has 0 aliphatic heterocycles. The Morgan fingerprint density at radius 3 is 2.75 bits per heavy atom. The van der Waals surface area contributed by atoms with Crippen LogP contribution in [-0.4, -0.2) is 34.7 Å². The maximum atomic E-state index is 11.4. The number of hydrogen-bond acceptors (Lipinski definition) is 5. The fourth-order valence-corrected chi connectivity index (χ4v) is 1.72. The van der Waals surface area contributed by atoms with E-state index < -0.39 is 24.0 Å². The zero-order valence-electron chi connectivity index (χ0n) is 8.29. The fourth-order valence-electron chi connectivity index (χ4n) is 0.992. The van der Waals surface area contributed by atoms with Crippen molar-refractivity contribution in [2.75, 3.05) is 6.54 Å². The van der Waals surface area contributed by atoms with Crippen LogP contribution < -0.4 is 11.1 Å². The van der Waals surface area contributed by atoms with Crippen molar-refractivity contribution in [3.63, 3.8) is 0 Å². The number of amides is 1. The molecule has 0 bridgehead atoms. The number of aliphatic hydroxyl groups excluding tert-OH is 1. The molecule has 7 heteroatoms. The summed E-state index contributed by atoms with van der Waals surface area (Å²) in [4.78, 5) is 22.4. The number of carboxylic acid groups (broad SMARTS) is 1. The number of nitrogens with one attached hydrogen (secondary N) is 1. The van der Waals surface area contributed by atoms with Gasteiger partial charge in [0.2, 0.25) is 5.91 Å². The summed E-state index contributed by atoms with van der Waals surface area (Å²) in [7, 11) is 0. The van der Waals surface area contributed by atoms with Crippen molar-refractivity contribution in [2.24, 2.45) is 5.73 Å². The molecule has 1 aromatic rings. The first-order chi connectivity index (χ1) is 7.52. The van der Waals surface area contributed by atoms with Crippen molar-refractivity contribution in [3.05, 3.63) is 22.4 Å². The number of rotatable bonds is 5. The average Bonchev–Trinajstić information content (AvgIpc) is 2.77. The lowest BCUT2D eigenvalue weighted by Crippen LogP contribution is -2.40. The Hall–Kier alpha value is -1.44. The van der Waals surface area contributed by atoms with Crippen LogP contribution in [0.2, 0.25) is 0 Å². The minimum absolute atomic E-state index is 0.354. The van der Waals surface area contributed by atoms with Gasteiger partial charge in [-0.15, -0.1) is 11.3 Å². The third-order valence-corrected chi connectivity index (χ3v) is 2.84. The van der Waals surface area contributed by atoms with Crippen LogP contribution in [0.15, 0.2) is 17.5 Å². The number of aliphatic hydroxyl groups is 1.